The minimum absolute atomic E-state index is 0.308. The number of rotatable bonds is 5. The number of likely N-dealkylation sites (tertiary alicyclic amines) is 1. The summed E-state index contributed by atoms with van der Waals surface area (Å²) in [6, 6.07) is 6.57. The molecule has 1 aromatic carbocycles. The average Bonchev–Trinajstić information content (AvgIpc) is 2.87. The van der Waals surface area contributed by atoms with Gasteiger partial charge in [0.1, 0.15) is 6.54 Å². The first-order valence-corrected chi connectivity index (χ1v) is 9.35. The number of benzene rings is 1. The topological polar surface area (TPSA) is 92.8 Å². The Morgan fingerprint density at radius 2 is 1.85 bits per heavy atom. The Morgan fingerprint density at radius 1 is 1.22 bits per heavy atom. The van der Waals surface area contributed by atoms with Gasteiger partial charge in [0.05, 0.1) is 11.8 Å². The molecule has 1 aromatic rings. The highest BCUT2D eigenvalue weighted by Crippen LogP contribution is 2.37. The number of anilines is 1. The maximum Gasteiger partial charge on any atom is 0.326 e. The van der Waals surface area contributed by atoms with Gasteiger partial charge in [0, 0.05) is 10.7 Å². The highest BCUT2D eigenvalue weighted by Gasteiger charge is 2.48. The maximum atomic E-state index is 12.4. The van der Waals surface area contributed by atoms with E-state index in [1.54, 1.807) is 24.3 Å². The molecule has 1 saturated heterocycles. The molecule has 0 bridgehead atoms. The highest BCUT2D eigenvalue weighted by molar-refractivity contribution is 6.30. The second-order valence-electron chi connectivity index (χ2n) is 6.89. The number of halogens is 1. The molecule has 7 nitrogen and oxygen atoms in total. The van der Waals surface area contributed by atoms with Gasteiger partial charge < -0.3 is 10.1 Å². The molecule has 1 aliphatic heterocycles. The van der Waals surface area contributed by atoms with E-state index < -0.39 is 24.5 Å². The van der Waals surface area contributed by atoms with Gasteiger partial charge in [-0.1, -0.05) is 30.5 Å². The van der Waals surface area contributed by atoms with Crippen molar-refractivity contribution < 1.29 is 23.9 Å². The lowest BCUT2D eigenvalue weighted by Crippen LogP contribution is -2.39. The van der Waals surface area contributed by atoms with Gasteiger partial charge in [0.25, 0.3) is 5.91 Å². The lowest BCUT2D eigenvalue weighted by Gasteiger charge is -2.19. The van der Waals surface area contributed by atoms with Crippen molar-refractivity contribution in [3.05, 3.63) is 29.3 Å². The van der Waals surface area contributed by atoms with Gasteiger partial charge in [-0.15, -0.1) is 0 Å². The smallest absolute Gasteiger partial charge is 0.326 e. The Labute approximate surface area is 162 Å². The van der Waals surface area contributed by atoms with Crippen LogP contribution in [-0.4, -0.2) is 41.2 Å². The van der Waals surface area contributed by atoms with Crippen LogP contribution in [0.2, 0.25) is 5.02 Å². The van der Waals surface area contributed by atoms with E-state index in [9.17, 15) is 19.2 Å². The van der Waals surface area contributed by atoms with E-state index in [-0.39, 0.29) is 23.7 Å². The van der Waals surface area contributed by atoms with Crippen LogP contribution in [0.4, 0.5) is 5.69 Å². The van der Waals surface area contributed by atoms with Crippen molar-refractivity contribution in [1.82, 2.24) is 4.90 Å². The van der Waals surface area contributed by atoms with Gasteiger partial charge in [-0.25, -0.2) is 0 Å². The monoisotopic (exact) mass is 392 g/mol. The molecule has 3 atom stereocenters. The quantitative estimate of drug-likeness (QED) is 0.613. The molecule has 2 aliphatic rings. The number of hydrogen-bond donors (Lipinski definition) is 1. The molecule has 144 valence electrons. The Balaban J connectivity index is 1.54. The first-order valence-electron chi connectivity index (χ1n) is 8.98. The van der Waals surface area contributed by atoms with Crippen LogP contribution in [0.25, 0.3) is 0 Å². The summed E-state index contributed by atoms with van der Waals surface area (Å²) in [6.45, 7) is 0.963. The molecule has 8 heteroatoms. The molecule has 0 aromatic heterocycles. The van der Waals surface area contributed by atoms with Crippen molar-refractivity contribution >= 4 is 41.0 Å². The number of esters is 1. The molecule has 1 saturated carbocycles. The summed E-state index contributed by atoms with van der Waals surface area (Å²) in [6.07, 6.45) is 2.11. The van der Waals surface area contributed by atoms with Gasteiger partial charge in [0.2, 0.25) is 11.8 Å². The van der Waals surface area contributed by atoms with Crippen molar-refractivity contribution in [2.45, 2.75) is 38.7 Å². The number of carbonyl (C=O) groups is 4. The number of carbonyl (C=O) groups excluding carboxylic acids is 4. The largest absolute Gasteiger partial charge is 0.451 e. The van der Waals surface area contributed by atoms with Crippen LogP contribution >= 0.6 is 11.6 Å². The third-order valence-corrected chi connectivity index (χ3v) is 5.22. The normalized spacial score (nSPS) is 23.0. The molecule has 3 rings (SSSR count). The molecular formula is C19H21ClN2O5. The second-order valence-corrected chi connectivity index (χ2v) is 7.33. The van der Waals surface area contributed by atoms with Crippen molar-refractivity contribution in [3.63, 3.8) is 0 Å². The van der Waals surface area contributed by atoms with E-state index in [4.69, 9.17) is 16.3 Å². The van der Waals surface area contributed by atoms with E-state index >= 15 is 0 Å². The summed E-state index contributed by atoms with van der Waals surface area (Å²) < 4.78 is 5.10. The molecule has 0 radical (unpaired) electrons. The molecule has 2 fully saturated rings. The Morgan fingerprint density at radius 3 is 2.44 bits per heavy atom. The van der Waals surface area contributed by atoms with Crippen LogP contribution < -0.4 is 5.32 Å². The standard InChI is InChI=1S/C19H21ClN2O5/c1-11(17(24)21-13-6-4-5-12(20)9-13)27-16(23)10-22-18(25)14-7-2-3-8-15(14)19(22)26/h4-6,9,11,14-15H,2-3,7-8,10H2,1H3,(H,21,24)/t11-,14-,15+/m1/s1. The number of amides is 3. The number of ether oxygens (including phenoxy) is 1. The van der Waals surface area contributed by atoms with E-state index in [0.717, 1.165) is 17.7 Å². The van der Waals surface area contributed by atoms with Crippen molar-refractivity contribution in [1.29, 1.82) is 0 Å². The number of fused-ring (bicyclic) bond motifs is 1. The minimum Gasteiger partial charge on any atom is -0.451 e. The van der Waals surface area contributed by atoms with Crippen LogP contribution in [0.5, 0.6) is 0 Å². The van der Waals surface area contributed by atoms with Gasteiger partial charge in [-0.3, -0.25) is 24.1 Å². The zero-order valence-corrected chi connectivity index (χ0v) is 15.7. The zero-order valence-electron chi connectivity index (χ0n) is 14.9. The molecule has 1 heterocycles. The predicted molar refractivity (Wildman–Crippen MR) is 97.8 cm³/mol. The van der Waals surface area contributed by atoms with Gasteiger partial charge >= 0.3 is 5.97 Å². The molecular weight excluding hydrogens is 372 g/mol. The summed E-state index contributed by atoms with van der Waals surface area (Å²) in [5.74, 6) is -2.57. The summed E-state index contributed by atoms with van der Waals surface area (Å²) >= 11 is 5.86. The first-order chi connectivity index (χ1) is 12.9. The number of imide groups is 1. The van der Waals surface area contributed by atoms with Gasteiger partial charge in [0.15, 0.2) is 6.10 Å². The minimum atomic E-state index is -1.08. The molecule has 3 amide bonds. The predicted octanol–water partition coefficient (Wildman–Crippen LogP) is 2.39. The third kappa shape index (κ3) is 4.30. The van der Waals surface area contributed by atoms with Gasteiger partial charge in [-0.2, -0.15) is 0 Å². The fourth-order valence-electron chi connectivity index (χ4n) is 3.61. The van der Waals surface area contributed by atoms with Crippen molar-refractivity contribution in [2.75, 3.05) is 11.9 Å². The molecule has 1 aliphatic carbocycles. The van der Waals surface area contributed by atoms with Crippen LogP contribution in [-0.2, 0) is 23.9 Å². The summed E-state index contributed by atoms with van der Waals surface area (Å²) in [7, 11) is 0. The fourth-order valence-corrected chi connectivity index (χ4v) is 3.80. The van der Waals surface area contributed by atoms with E-state index in [2.05, 4.69) is 5.32 Å². The third-order valence-electron chi connectivity index (χ3n) is 4.99. The first kappa shape index (κ1) is 19.4. The Bertz CT molecular complexity index is 757. The van der Waals surface area contributed by atoms with Crippen LogP contribution in [0.3, 0.4) is 0 Å². The SMILES string of the molecule is C[C@@H](OC(=O)CN1C(=O)[C@H]2CCCC[C@H]2C1=O)C(=O)Nc1cccc(Cl)c1. The average molecular weight is 393 g/mol. The van der Waals surface area contributed by atoms with Crippen LogP contribution in [0, 0.1) is 11.8 Å². The summed E-state index contributed by atoms with van der Waals surface area (Å²) in [5.41, 5.74) is 0.476. The molecule has 0 spiro atoms. The lowest BCUT2D eigenvalue weighted by molar-refractivity contribution is -0.158. The van der Waals surface area contributed by atoms with Crippen LogP contribution in [0.1, 0.15) is 32.6 Å². The van der Waals surface area contributed by atoms with E-state index in [0.29, 0.717) is 23.6 Å². The maximum absolute atomic E-state index is 12.4. The summed E-state index contributed by atoms with van der Waals surface area (Å²) in [5, 5.41) is 3.05. The lowest BCUT2D eigenvalue weighted by atomic mass is 9.81. The Kier molecular flexibility index (Phi) is 5.79. The van der Waals surface area contributed by atoms with E-state index in [1.807, 2.05) is 0 Å². The van der Waals surface area contributed by atoms with Crippen molar-refractivity contribution in [2.24, 2.45) is 11.8 Å². The molecule has 27 heavy (non-hydrogen) atoms. The summed E-state index contributed by atoms with van der Waals surface area (Å²) in [4.78, 5) is 50.0. The number of nitrogens with one attached hydrogen (secondary N) is 1. The second kappa shape index (κ2) is 8.08. The molecule has 0 unspecified atom stereocenters. The van der Waals surface area contributed by atoms with Crippen LogP contribution in [0.15, 0.2) is 24.3 Å². The zero-order chi connectivity index (χ0) is 19.6. The molecule has 1 N–H and O–H groups in total. The fraction of sp³-hybridized carbons (Fsp3) is 0.474. The number of hydrogen-bond acceptors (Lipinski definition) is 5. The van der Waals surface area contributed by atoms with E-state index in [1.165, 1.54) is 6.92 Å². The number of nitrogens with zero attached hydrogens (tertiary/aromatic N) is 1. The van der Waals surface area contributed by atoms with Crippen molar-refractivity contribution in [3.8, 4) is 0 Å². The Hall–Kier alpha value is -2.41. The highest BCUT2D eigenvalue weighted by atomic mass is 35.5. The van der Waals surface area contributed by atoms with Gasteiger partial charge in [-0.05, 0) is 38.0 Å².